The molecule has 0 aromatic heterocycles. The minimum absolute atomic E-state index is 0.297. The summed E-state index contributed by atoms with van der Waals surface area (Å²) in [5, 5.41) is 3.23. The van der Waals surface area contributed by atoms with Gasteiger partial charge in [0.1, 0.15) is 0 Å². The Kier molecular flexibility index (Phi) is 4.19. The van der Waals surface area contributed by atoms with Crippen LogP contribution in [0.1, 0.15) is 37.8 Å². The molecule has 0 radical (unpaired) electrons. The van der Waals surface area contributed by atoms with Gasteiger partial charge in [-0.15, -0.1) is 0 Å². The van der Waals surface area contributed by atoms with Crippen LogP contribution in [0.2, 0.25) is 0 Å². The predicted octanol–water partition coefficient (Wildman–Crippen LogP) is 4.23. The molecule has 1 aromatic rings. The van der Waals surface area contributed by atoms with E-state index in [1.54, 1.807) is 12.1 Å². The van der Waals surface area contributed by atoms with Gasteiger partial charge >= 0.3 is 6.18 Å². The van der Waals surface area contributed by atoms with Gasteiger partial charge in [0.25, 0.3) is 0 Å². The number of alkyl halides is 3. The summed E-state index contributed by atoms with van der Waals surface area (Å²) in [5.41, 5.74) is -0.190. The number of hydrogen-bond acceptors (Lipinski definition) is 1. The summed E-state index contributed by atoms with van der Waals surface area (Å²) in [7, 11) is 0. The number of rotatable bonds is 4. The number of nitrogens with one attached hydrogen (secondary N) is 1. The molecule has 0 atom stereocenters. The summed E-state index contributed by atoms with van der Waals surface area (Å²) in [6, 6.07) is 6.16. The third kappa shape index (κ3) is 3.50. The monoisotopic (exact) mass is 271 g/mol. The van der Waals surface area contributed by atoms with E-state index in [9.17, 15) is 13.2 Å². The van der Waals surface area contributed by atoms with Gasteiger partial charge in [0.05, 0.1) is 5.56 Å². The molecule has 1 aliphatic rings. The molecule has 1 aromatic carbocycles. The van der Waals surface area contributed by atoms with Crippen molar-refractivity contribution in [3.8, 4) is 0 Å². The van der Waals surface area contributed by atoms with Gasteiger partial charge in [0, 0.05) is 12.6 Å². The van der Waals surface area contributed by atoms with Gasteiger partial charge in [-0.3, -0.25) is 0 Å². The Morgan fingerprint density at radius 1 is 1.21 bits per heavy atom. The molecule has 0 bridgehead atoms. The van der Waals surface area contributed by atoms with Crippen LogP contribution in [-0.2, 0) is 12.7 Å². The van der Waals surface area contributed by atoms with Crippen molar-refractivity contribution in [1.82, 2.24) is 5.32 Å². The summed E-state index contributed by atoms with van der Waals surface area (Å²) in [6.45, 7) is 4.69. The normalized spacial score (nSPS) is 23.5. The molecule has 4 heteroatoms. The zero-order valence-electron chi connectivity index (χ0n) is 11.3. The summed E-state index contributed by atoms with van der Waals surface area (Å²) in [5.74, 6) is 1.39. The molecule has 0 aliphatic heterocycles. The smallest absolute Gasteiger partial charge is 0.310 e. The summed E-state index contributed by atoms with van der Waals surface area (Å²) in [6.07, 6.45) is -2.12. The minimum atomic E-state index is -4.27. The molecular weight excluding hydrogens is 251 g/mol. The lowest BCUT2D eigenvalue weighted by Crippen LogP contribution is -2.42. The highest BCUT2D eigenvalue weighted by Crippen LogP contribution is 2.35. The fourth-order valence-electron chi connectivity index (χ4n) is 2.58. The molecule has 106 valence electrons. The molecule has 19 heavy (non-hydrogen) atoms. The molecule has 1 aliphatic carbocycles. The van der Waals surface area contributed by atoms with Crippen LogP contribution in [0.5, 0.6) is 0 Å². The van der Waals surface area contributed by atoms with Crippen LogP contribution >= 0.6 is 0 Å². The summed E-state index contributed by atoms with van der Waals surface area (Å²) < 4.78 is 38.4. The third-order valence-corrected chi connectivity index (χ3v) is 4.02. The molecular formula is C15H20F3N. The highest BCUT2D eigenvalue weighted by Gasteiger charge is 2.34. The predicted molar refractivity (Wildman–Crippen MR) is 69.6 cm³/mol. The number of hydrogen-bond donors (Lipinski definition) is 1. The molecule has 1 fully saturated rings. The summed E-state index contributed by atoms with van der Waals surface area (Å²) in [4.78, 5) is 0. The van der Waals surface area contributed by atoms with Crippen molar-refractivity contribution in [2.24, 2.45) is 11.8 Å². The SMILES string of the molecule is CC(C)C1CC(NCc2ccccc2C(F)(F)F)C1. The van der Waals surface area contributed by atoms with E-state index in [4.69, 9.17) is 0 Å². The van der Waals surface area contributed by atoms with E-state index in [0.717, 1.165) is 24.8 Å². The van der Waals surface area contributed by atoms with Crippen LogP contribution < -0.4 is 5.32 Å². The van der Waals surface area contributed by atoms with E-state index in [0.29, 0.717) is 24.1 Å². The second-order valence-electron chi connectivity index (χ2n) is 5.71. The topological polar surface area (TPSA) is 12.0 Å². The molecule has 0 amide bonds. The van der Waals surface area contributed by atoms with Crippen LogP contribution in [0.3, 0.4) is 0 Å². The number of halogens is 3. The lowest BCUT2D eigenvalue weighted by Gasteiger charge is -2.38. The van der Waals surface area contributed by atoms with E-state index < -0.39 is 11.7 Å². The van der Waals surface area contributed by atoms with Gasteiger partial charge in [0.15, 0.2) is 0 Å². The Morgan fingerprint density at radius 3 is 2.42 bits per heavy atom. The first kappa shape index (κ1) is 14.4. The van der Waals surface area contributed by atoms with Gasteiger partial charge in [-0.1, -0.05) is 32.0 Å². The fraction of sp³-hybridized carbons (Fsp3) is 0.600. The maximum Gasteiger partial charge on any atom is 0.416 e. The Labute approximate surface area is 112 Å². The maximum atomic E-state index is 12.8. The molecule has 1 N–H and O–H groups in total. The third-order valence-electron chi connectivity index (χ3n) is 4.02. The van der Waals surface area contributed by atoms with E-state index in [-0.39, 0.29) is 0 Å². The van der Waals surface area contributed by atoms with Gasteiger partial charge in [-0.25, -0.2) is 0 Å². The molecule has 0 spiro atoms. The average Bonchev–Trinajstić information content (AvgIpc) is 2.25. The first-order valence-corrected chi connectivity index (χ1v) is 6.76. The largest absolute Gasteiger partial charge is 0.416 e. The van der Waals surface area contributed by atoms with Gasteiger partial charge < -0.3 is 5.32 Å². The minimum Gasteiger partial charge on any atom is -0.310 e. The summed E-state index contributed by atoms with van der Waals surface area (Å²) >= 11 is 0. The zero-order valence-corrected chi connectivity index (χ0v) is 11.3. The van der Waals surface area contributed by atoms with Crippen LogP contribution in [0.25, 0.3) is 0 Å². The van der Waals surface area contributed by atoms with Crippen molar-refractivity contribution in [1.29, 1.82) is 0 Å². The quantitative estimate of drug-likeness (QED) is 0.864. The van der Waals surface area contributed by atoms with Crippen LogP contribution in [0, 0.1) is 11.8 Å². The van der Waals surface area contributed by atoms with Crippen molar-refractivity contribution < 1.29 is 13.2 Å². The van der Waals surface area contributed by atoms with Crippen molar-refractivity contribution in [2.45, 2.75) is 45.5 Å². The van der Waals surface area contributed by atoms with E-state index in [1.807, 2.05) is 0 Å². The number of benzene rings is 1. The van der Waals surface area contributed by atoms with Gasteiger partial charge in [-0.2, -0.15) is 13.2 Å². The van der Waals surface area contributed by atoms with Crippen molar-refractivity contribution in [3.63, 3.8) is 0 Å². The van der Waals surface area contributed by atoms with Crippen LogP contribution in [-0.4, -0.2) is 6.04 Å². The maximum absolute atomic E-state index is 12.8. The molecule has 1 nitrogen and oxygen atoms in total. The molecule has 2 rings (SSSR count). The standard InChI is InChI=1S/C15H20F3N/c1-10(2)12-7-13(8-12)19-9-11-5-3-4-6-14(11)15(16,17)18/h3-6,10,12-13,19H,7-9H2,1-2H3. The molecule has 1 saturated carbocycles. The van der Waals surface area contributed by atoms with E-state index >= 15 is 0 Å². The van der Waals surface area contributed by atoms with Crippen molar-refractivity contribution >= 4 is 0 Å². The van der Waals surface area contributed by atoms with Gasteiger partial charge in [0.2, 0.25) is 0 Å². The first-order valence-electron chi connectivity index (χ1n) is 6.76. The van der Waals surface area contributed by atoms with E-state index in [2.05, 4.69) is 19.2 Å². The molecule has 0 heterocycles. The highest BCUT2D eigenvalue weighted by molar-refractivity contribution is 5.29. The van der Waals surface area contributed by atoms with Crippen molar-refractivity contribution in [2.75, 3.05) is 0 Å². The van der Waals surface area contributed by atoms with Crippen LogP contribution in [0.4, 0.5) is 13.2 Å². The lowest BCUT2D eigenvalue weighted by atomic mass is 9.73. The zero-order chi connectivity index (χ0) is 14.0. The van der Waals surface area contributed by atoms with Crippen LogP contribution in [0.15, 0.2) is 24.3 Å². The first-order chi connectivity index (χ1) is 8.88. The Morgan fingerprint density at radius 2 is 1.84 bits per heavy atom. The fourth-order valence-corrected chi connectivity index (χ4v) is 2.58. The molecule has 0 unspecified atom stereocenters. The molecule has 0 saturated heterocycles. The lowest BCUT2D eigenvalue weighted by molar-refractivity contribution is -0.138. The Balaban J connectivity index is 1.91. The average molecular weight is 271 g/mol. The van der Waals surface area contributed by atoms with Crippen molar-refractivity contribution in [3.05, 3.63) is 35.4 Å². The van der Waals surface area contributed by atoms with Gasteiger partial charge in [-0.05, 0) is 36.3 Å². The Bertz CT molecular complexity index is 420. The highest BCUT2D eigenvalue weighted by atomic mass is 19.4. The second kappa shape index (κ2) is 5.53. The second-order valence-corrected chi connectivity index (χ2v) is 5.71. The Hall–Kier alpha value is -1.03. The van der Waals surface area contributed by atoms with E-state index in [1.165, 1.54) is 6.07 Å².